The monoisotopic (exact) mass is 247 g/mol. The Morgan fingerprint density at radius 1 is 1.22 bits per heavy atom. The van der Waals surface area contributed by atoms with Gasteiger partial charge in [0.2, 0.25) is 0 Å². The zero-order chi connectivity index (χ0) is 13.0. The standard InChI is InChI=1S/C14H21N3O/c1-11(2)14(15)16-12-3-5-13(6-4-12)17-7-9-18-10-8-17/h3-6,11H,7-10H2,1-2H3,(H2,15,16). The van der Waals surface area contributed by atoms with Crippen molar-refractivity contribution in [2.45, 2.75) is 13.8 Å². The van der Waals surface area contributed by atoms with Crippen LogP contribution in [0.2, 0.25) is 0 Å². The zero-order valence-electron chi connectivity index (χ0n) is 11.1. The third-order valence-corrected chi connectivity index (χ3v) is 3.08. The summed E-state index contributed by atoms with van der Waals surface area (Å²) in [6.45, 7) is 7.61. The lowest BCUT2D eigenvalue weighted by Crippen LogP contribution is -2.36. The highest BCUT2D eigenvalue weighted by molar-refractivity contribution is 5.84. The number of ether oxygens (including phenoxy) is 1. The van der Waals surface area contributed by atoms with Gasteiger partial charge in [0.25, 0.3) is 0 Å². The highest BCUT2D eigenvalue weighted by Crippen LogP contribution is 2.21. The van der Waals surface area contributed by atoms with E-state index in [1.165, 1.54) is 5.69 Å². The van der Waals surface area contributed by atoms with E-state index in [0.29, 0.717) is 5.84 Å². The molecule has 2 rings (SSSR count). The van der Waals surface area contributed by atoms with Crippen LogP contribution in [-0.4, -0.2) is 32.1 Å². The van der Waals surface area contributed by atoms with Crippen molar-refractivity contribution in [3.8, 4) is 0 Å². The molecule has 1 aliphatic heterocycles. The lowest BCUT2D eigenvalue weighted by Gasteiger charge is -2.28. The van der Waals surface area contributed by atoms with Crippen molar-refractivity contribution >= 4 is 17.2 Å². The summed E-state index contributed by atoms with van der Waals surface area (Å²) < 4.78 is 5.34. The molecule has 0 unspecified atom stereocenters. The fraction of sp³-hybridized carbons (Fsp3) is 0.500. The predicted octanol–water partition coefficient (Wildman–Crippen LogP) is 2.17. The molecule has 1 aromatic rings. The van der Waals surface area contributed by atoms with Crippen molar-refractivity contribution in [3.63, 3.8) is 0 Å². The number of nitrogens with zero attached hydrogens (tertiary/aromatic N) is 2. The summed E-state index contributed by atoms with van der Waals surface area (Å²) >= 11 is 0. The molecule has 18 heavy (non-hydrogen) atoms. The molecular weight excluding hydrogens is 226 g/mol. The number of hydrogen-bond donors (Lipinski definition) is 1. The molecule has 4 heteroatoms. The maximum Gasteiger partial charge on any atom is 0.102 e. The number of rotatable bonds is 3. The van der Waals surface area contributed by atoms with Gasteiger partial charge in [-0.15, -0.1) is 0 Å². The van der Waals surface area contributed by atoms with Crippen LogP contribution in [-0.2, 0) is 4.74 Å². The second kappa shape index (κ2) is 5.87. The first-order valence-corrected chi connectivity index (χ1v) is 6.43. The number of benzene rings is 1. The van der Waals surface area contributed by atoms with Crippen molar-refractivity contribution in [2.75, 3.05) is 31.2 Å². The molecule has 0 spiro atoms. The Bertz CT molecular complexity index is 406. The van der Waals surface area contributed by atoms with Crippen LogP contribution in [0.1, 0.15) is 13.8 Å². The maximum absolute atomic E-state index is 5.85. The van der Waals surface area contributed by atoms with E-state index in [1.54, 1.807) is 0 Å². The molecule has 0 radical (unpaired) electrons. The lowest BCUT2D eigenvalue weighted by atomic mass is 10.2. The maximum atomic E-state index is 5.85. The summed E-state index contributed by atoms with van der Waals surface area (Å²) in [6.07, 6.45) is 0. The average molecular weight is 247 g/mol. The number of amidine groups is 1. The first-order chi connectivity index (χ1) is 8.66. The first kappa shape index (κ1) is 12.9. The number of anilines is 1. The van der Waals surface area contributed by atoms with Crippen LogP contribution in [0, 0.1) is 5.92 Å². The van der Waals surface area contributed by atoms with Gasteiger partial charge in [0, 0.05) is 24.7 Å². The van der Waals surface area contributed by atoms with Gasteiger partial charge in [-0.25, -0.2) is 4.99 Å². The van der Waals surface area contributed by atoms with Gasteiger partial charge in [0.15, 0.2) is 0 Å². The van der Waals surface area contributed by atoms with Crippen LogP contribution < -0.4 is 10.6 Å². The minimum absolute atomic E-state index is 0.281. The van der Waals surface area contributed by atoms with Gasteiger partial charge >= 0.3 is 0 Å². The van der Waals surface area contributed by atoms with Crippen LogP contribution in [0.5, 0.6) is 0 Å². The Kier molecular flexibility index (Phi) is 4.20. The van der Waals surface area contributed by atoms with Gasteiger partial charge in [0.05, 0.1) is 18.9 Å². The number of nitrogens with two attached hydrogens (primary N) is 1. The van der Waals surface area contributed by atoms with E-state index in [1.807, 2.05) is 26.0 Å². The third kappa shape index (κ3) is 3.23. The molecular formula is C14H21N3O. The Morgan fingerprint density at radius 3 is 2.39 bits per heavy atom. The fourth-order valence-corrected chi connectivity index (χ4v) is 1.84. The highest BCUT2D eigenvalue weighted by Gasteiger charge is 2.10. The lowest BCUT2D eigenvalue weighted by molar-refractivity contribution is 0.122. The molecule has 0 aromatic heterocycles. The van der Waals surface area contributed by atoms with Gasteiger partial charge in [-0.1, -0.05) is 13.8 Å². The molecule has 0 bridgehead atoms. The van der Waals surface area contributed by atoms with E-state index in [0.717, 1.165) is 32.0 Å². The van der Waals surface area contributed by atoms with E-state index in [9.17, 15) is 0 Å². The molecule has 4 nitrogen and oxygen atoms in total. The molecule has 1 aromatic carbocycles. The van der Waals surface area contributed by atoms with Crippen molar-refractivity contribution < 1.29 is 4.74 Å². The van der Waals surface area contributed by atoms with Gasteiger partial charge in [-0.2, -0.15) is 0 Å². The van der Waals surface area contributed by atoms with Crippen LogP contribution in [0.3, 0.4) is 0 Å². The summed E-state index contributed by atoms with van der Waals surface area (Å²) in [6, 6.07) is 8.22. The summed E-state index contributed by atoms with van der Waals surface area (Å²) in [5, 5.41) is 0. The van der Waals surface area contributed by atoms with E-state index < -0.39 is 0 Å². The Hall–Kier alpha value is -1.55. The molecule has 1 saturated heterocycles. The molecule has 0 atom stereocenters. The fourth-order valence-electron chi connectivity index (χ4n) is 1.84. The van der Waals surface area contributed by atoms with Crippen LogP contribution in [0.4, 0.5) is 11.4 Å². The van der Waals surface area contributed by atoms with Gasteiger partial charge < -0.3 is 15.4 Å². The molecule has 2 N–H and O–H groups in total. The quantitative estimate of drug-likeness (QED) is 0.658. The number of aliphatic imine (C=N–C) groups is 1. The van der Waals surface area contributed by atoms with E-state index >= 15 is 0 Å². The van der Waals surface area contributed by atoms with Crippen LogP contribution in [0.15, 0.2) is 29.3 Å². The second-order valence-electron chi connectivity index (χ2n) is 4.81. The minimum Gasteiger partial charge on any atom is -0.387 e. The number of hydrogen-bond acceptors (Lipinski definition) is 3. The first-order valence-electron chi connectivity index (χ1n) is 6.43. The van der Waals surface area contributed by atoms with Crippen molar-refractivity contribution in [2.24, 2.45) is 16.6 Å². The van der Waals surface area contributed by atoms with Gasteiger partial charge in [-0.05, 0) is 24.3 Å². The summed E-state index contributed by atoms with van der Waals surface area (Å²) in [7, 11) is 0. The zero-order valence-corrected chi connectivity index (χ0v) is 11.1. The Balaban J connectivity index is 2.07. The molecule has 98 valence electrons. The van der Waals surface area contributed by atoms with Gasteiger partial charge in [0.1, 0.15) is 5.84 Å². The molecule has 1 fully saturated rings. The average Bonchev–Trinajstić information content (AvgIpc) is 2.40. The van der Waals surface area contributed by atoms with Crippen molar-refractivity contribution in [1.82, 2.24) is 0 Å². The molecule has 1 heterocycles. The Labute approximate surface area is 108 Å². The number of morpholine rings is 1. The SMILES string of the molecule is CC(C)C(N)=Nc1ccc(N2CCOCC2)cc1. The molecule has 1 aliphatic rings. The van der Waals surface area contributed by atoms with Gasteiger partial charge in [-0.3, -0.25) is 0 Å². The summed E-state index contributed by atoms with van der Waals surface area (Å²) in [5.41, 5.74) is 7.99. The second-order valence-corrected chi connectivity index (χ2v) is 4.81. The molecule has 0 aliphatic carbocycles. The largest absolute Gasteiger partial charge is 0.387 e. The molecule has 0 saturated carbocycles. The summed E-state index contributed by atoms with van der Waals surface area (Å²) in [4.78, 5) is 6.72. The van der Waals surface area contributed by atoms with E-state index in [4.69, 9.17) is 10.5 Å². The van der Waals surface area contributed by atoms with Crippen molar-refractivity contribution in [1.29, 1.82) is 0 Å². The van der Waals surface area contributed by atoms with E-state index in [-0.39, 0.29) is 5.92 Å². The Morgan fingerprint density at radius 2 is 1.83 bits per heavy atom. The third-order valence-electron chi connectivity index (χ3n) is 3.08. The molecule has 0 amide bonds. The summed E-state index contributed by atoms with van der Waals surface area (Å²) in [5.74, 6) is 0.957. The topological polar surface area (TPSA) is 50.8 Å². The van der Waals surface area contributed by atoms with E-state index in [2.05, 4.69) is 22.0 Å². The normalized spacial score (nSPS) is 17.3. The van der Waals surface area contributed by atoms with Crippen LogP contribution in [0.25, 0.3) is 0 Å². The predicted molar refractivity (Wildman–Crippen MR) is 75.6 cm³/mol. The smallest absolute Gasteiger partial charge is 0.102 e. The highest BCUT2D eigenvalue weighted by atomic mass is 16.5. The van der Waals surface area contributed by atoms with Crippen molar-refractivity contribution in [3.05, 3.63) is 24.3 Å². The van der Waals surface area contributed by atoms with Crippen LogP contribution >= 0.6 is 0 Å². The minimum atomic E-state index is 0.281.